The molecule has 12 rings (SSSR count). The van der Waals surface area contributed by atoms with Crippen molar-refractivity contribution < 1.29 is 0 Å². The van der Waals surface area contributed by atoms with Crippen molar-refractivity contribution in [2.24, 2.45) is 5.92 Å². The van der Waals surface area contributed by atoms with Crippen LogP contribution in [0.2, 0.25) is 0 Å². The average molecular weight is 688 g/mol. The highest BCUT2D eigenvalue weighted by Crippen LogP contribution is 2.50. The van der Waals surface area contributed by atoms with E-state index < -0.39 is 0 Å². The lowest BCUT2D eigenvalue weighted by Gasteiger charge is -2.36. The molecule has 0 saturated heterocycles. The van der Waals surface area contributed by atoms with Gasteiger partial charge in [-0.2, -0.15) is 0 Å². The van der Waals surface area contributed by atoms with E-state index in [1.165, 1.54) is 72.0 Å². The average Bonchev–Trinajstić information content (AvgIpc) is 3.24. The molecule has 0 bridgehead atoms. The SMILES string of the molecule is C1=CC2=CC=C3CC=CC4=C3C2C(=C1)C=C4c1nc(-c2ccc(-c3ccc4c5c6c(ccc35)C=CCC6=CC4)cc2)nc(-c2cccc3ccccc23)n1. The van der Waals surface area contributed by atoms with Crippen LogP contribution in [0.15, 0.2) is 180 Å². The zero-order chi connectivity index (χ0) is 35.3. The van der Waals surface area contributed by atoms with Crippen molar-refractivity contribution in [2.75, 3.05) is 0 Å². The zero-order valence-electron chi connectivity index (χ0n) is 29.6. The van der Waals surface area contributed by atoms with Gasteiger partial charge in [-0.15, -0.1) is 0 Å². The number of fused-ring (bicyclic) bond motifs is 1. The molecule has 1 aromatic heterocycles. The van der Waals surface area contributed by atoms with Gasteiger partial charge in [0.15, 0.2) is 17.5 Å². The Labute approximate surface area is 313 Å². The third-order valence-electron chi connectivity index (χ3n) is 12.1. The molecular formula is C51H33N3. The van der Waals surface area contributed by atoms with E-state index in [0.29, 0.717) is 17.5 Å². The molecule has 0 amide bonds. The predicted octanol–water partition coefficient (Wildman–Crippen LogP) is 12.2. The van der Waals surface area contributed by atoms with Crippen LogP contribution in [0.25, 0.3) is 72.7 Å². The Morgan fingerprint density at radius 3 is 2.35 bits per heavy atom. The molecule has 0 radical (unpaired) electrons. The summed E-state index contributed by atoms with van der Waals surface area (Å²) in [5.41, 5.74) is 17.7. The highest BCUT2D eigenvalue weighted by molar-refractivity contribution is 6.08. The summed E-state index contributed by atoms with van der Waals surface area (Å²) in [5.74, 6) is 2.31. The molecule has 252 valence electrons. The van der Waals surface area contributed by atoms with E-state index in [1.807, 2.05) is 0 Å². The van der Waals surface area contributed by atoms with Gasteiger partial charge in [0.05, 0.1) is 0 Å². The van der Waals surface area contributed by atoms with Crippen molar-refractivity contribution in [1.29, 1.82) is 0 Å². The van der Waals surface area contributed by atoms with E-state index in [9.17, 15) is 0 Å². The summed E-state index contributed by atoms with van der Waals surface area (Å²) in [6.07, 6.45) is 28.1. The fraction of sp³-hybridized carbons (Fsp3) is 0.0784. The first-order valence-corrected chi connectivity index (χ1v) is 19.0. The second-order valence-electron chi connectivity index (χ2n) is 15.0. The summed E-state index contributed by atoms with van der Waals surface area (Å²) in [4.78, 5) is 15.8. The van der Waals surface area contributed by atoms with Crippen molar-refractivity contribution in [2.45, 2.75) is 19.3 Å². The number of allylic oxidation sites excluding steroid dienone is 17. The number of hydrogen-bond donors (Lipinski definition) is 0. The summed E-state index contributed by atoms with van der Waals surface area (Å²) in [6.45, 7) is 0. The smallest absolute Gasteiger partial charge is 0.164 e. The normalized spacial score (nSPS) is 18.6. The van der Waals surface area contributed by atoms with Crippen molar-refractivity contribution >= 4 is 38.8 Å². The Bertz CT molecular complexity index is 2980. The molecule has 0 saturated carbocycles. The van der Waals surface area contributed by atoms with Gasteiger partial charge in [-0.05, 0) is 108 Å². The molecule has 6 aliphatic carbocycles. The van der Waals surface area contributed by atoms with Gasteiger partial charge in [-0.25, -0.2) is 15.0 Å². The second-order valence-corrected chi connectivity index (χ2v) is 15.0. The second kappa shape index (κ2) is 11.4. The van der Waals surface area contributed by atoms with Gasteiger partial charge in [0.1, 0.15) is 0 Å². The molecule has 0 N–H and O–H groups in total. The zero-order valence-corrected chi connectivity index (χ0v) is 29.6. The van der Waals surface area contributed by atoms with Gasteiger partial charge < -0.3 is 0 Å². The van der Waals surface area contributed by atoms with Crippen LogP contribution in [-0.4, -0.2) is 15.0 Å². The maximum absolute atomic E-state index is 5.30. The molecule has 1 atom stereocenters. The van der Waals surface area contributed by atoms with Crippen molar-refractivity contribution in [3.63, 3.8) is 0 Å². The molecule has 54 heavy (non-hydrogen) atoms. The van der Waals surface area contributed by atoms with E-state index in [-0.39, 0.29) is 5.92 Å². The summed E-state index contributed by atoms with van der Waals surface area (Å²) < 4.78 is 0. The van der Waals surface area contributed by atoms with Crippen molar-refractivity contribution in [1.82, 2.24) is 15.0 Å². The number of benzene rings is 5. The van der Waals surface area contributed by atoms with Gasteiger partial charge in [0, 0.05) is 22.6 Å². The summed E-state index contributed by atoms with van der Waals surface area (Å²) >= 11 is 0. The minimum absolute atomic E-state index is 0.258. The molecule has 0 fully saturated rings. The van der Waals surface area contributed by atoms with E-state index in [1.54, 1.807) is 0 Å². The number of hydrogen-bond acceptors (Lipinski definition) is 3. The highest BCUT2D eigenvalue weighted by Gasteiger charge is 2.36. The number of aromatic nitrogens is 3. The third kappa shape index (κ3) is 4.39. The van der Waals surface area contributed by atoms with Crippen LogP contribution in [0.1, 0.15) is 35.4 Å². The summed E-state index contributed by atoms with van der Waals surface area (Å²) in [6, 6.07) is 32.9. The van der Waals surface area contributed by atoms with Gasteiger partial charge in [-0.1, -0.05) is 152 Å². The number of nitrogens with zero attached hydrogens (tertiary/aromatic N) is 3. The van der Waals surface area contributed by atoms with Crippen LogP contribution in [0, 0.1) is 5.92 Å². The molecule has 0 aliphatic heterocycles. The van der Waals surface area contributed by atoms with Crippen LogP contribution in [0.3, 0.4) is 0 Å². The van der Waals surface area contributed by atoms with E-state index >= 15 is 0 Å². The molecule has 1 unspecified atom stereocenters. The minimum atomic E-state index is 0.258. The van der Waals surface area contributed by atoms with Gasteiger partial charge in [0.25, 0.3) is 0 Å². The monoisotopic (exact) mass is 687 g/mol. The Morgan fingerprint density at radius 1 is 0.556 bits per heavy atom. The lowest BCUT2D eigenvalue weighted by atomic mass is 9.67. The fourth-order valence-electron chi connectivity index (χ4n) is 9.55. The molecule has 3 nitrogen and oxygen atoms in total. The van der Waals surface area contributed by atoms with Crippen LogP contribution in [0.4, 0.5) is 0 Å². The number of rotatable bonds is 4. The highest BCUT2D eigenvalue weighted by atomic mass is 15.0. The predicted molar refractivity (Wildman–Crippen MR) is 222 cm³/mol. The third-order valence-corrected chi connectivity index (χ3v) is 12.1. The van der Waals surface area contributed by atoms with E-state index in [2.05, 4.69) is 158 Å². The van der Waals surface area contributed by atoms with Gasteiger partial charge in [0.2, 0.25) is 0 Å². The molecule has 3 heteroatoms. The fourth-order valence-corrected chi connectivity index (χ4v) is 9.55. The maximum Gasteiger partial charge on any atom is 0.164 e. The largest absolute Gasteiger partial charge is 0.208 e. The quantitative estimate of drug-likeness (QED) is 0.185. The first-order chi connectivity index (χ1) is 26.7. The van der Waals surface area contributed by atoms with Crippen LogP contribution in [-0.2, 0) is 6.42 Å². The summed E-state index contributed by atoms with van der Waals surface area (Å²) in [5, 5.41) is 5.02. The molecule has 6 aliphatic rings. The standard InChI is InChI=1S/C51H33N3/c1-2-14-39-30(7-1)8-5-16-43(39)50-52-49(53-51(54-50)44-29-38-13-4-11-33-19-21-35-12-6-15-41(44)47(35)46(33)38)37-23-17-31(18-24-37)40-27-25-36-22-20-32-9-3-10-34-26-28-42(40)48(36)45(32)34/h1-8,10-11,13-21,23-29,46H,9,12,22H2. The summed E-state index contributed by atoms with van der Waals surface area (Å²) in [7, 11) is 0. The Morgan fingerprint density at radius 2 is 1.39 bits per heavy atom. The first-order valence-electron chi connectivity index (χ1n) is 19.0. The van der Waals surface area contributed by atoms with Crippen LogP contribution < -0.4 is 0 Å². The topological polar surface area (TPSA) is 38.7 Å². The first kappa shape index (κ1) is 29.8. The molecule has 1 heterocycles. The van der Waals surface area contributed by atoms with Crippen molar-refractivity contribution in [3.8, 4) is 33.9 Å². The Balaban J connectivity index is 1.02. The molecule has 5 aromatic carbocycles. The lowest BCUT2D eigenvalue weighted by Crippen LogP contribution is -2.22. The minimum Gasteiger partial charge on any atom is -0.208 e. The van der Waals surface area contributed by atoms with Gasteiger partial charge >= 0.3 is 0 Å². The van der Waals surface area contributed by atoms with Gasteiger partial charge in [-0.3, -0.25) is 0 Å². The van der Waals surface area contributed by atoms with Crippen LogP contribution in [0.5, 0.6) is 0 Å². The molecule has 0 spiro atoms. The Hall–Kier alpha value is -6.71. The molecule has 6 aromatic rings. The Kier molecular flexibility index (Phi) is 6.29. The lowest BCUT2D eigenvalue weighted by molar-refractivity contribution is 0.832. The molecular weight excluding hydrogens is 655 g/mol. The van der Waals surface area contributed by atoms with Crippen LogP contribution >= 0.6 is 0 Å². The maximum atomic E-state index is 5.30. The van der Waals surface area contributed by atoms with E-state index in [0.717, 1.165) is 46.7 Å². The van der Waals surface area contributed by atoms with Crippen molar-refractivity contribution in [3.05, 3.63) is 202 Å². The van der Waals surface area contributed by atoms with E-state index in [4.69, 9.17) is 15.0 Å².